The molecule has 0 radical (unpaired) electrons. The van der Waals surface area contributed by atoms with Crippen LogP contribution < -0.4 is 5.32 Å². The molecule has 0 bridgehead atoms. The summed E-state index contributed by atoms with van der Waals surface area (Å²) in [4.78, 5) is 14.8. The molecule has 6 heteroatoms. The van der Waals surface area contributed by atoms with E-state index in [0.717, 1.165) is 37.2 Å². The molecule has 3 nitrogen and oxygen atoms in total. The maximum Gasteiger partial charge on any atom is 0.228 e. The number of nitrogens with one attached hydrogen (secondary N) is 1. The Morgan fingerprint density at radius 2 is 1.92 bits per heavy atom. The van der Waals surface area contributed by atoms with Crippen LogP contribution in [0.25, 0.3) is 0 Å². The van der Waals surface area contributed by atoms with Gasteiger partial charge in [0.05, 0.1) is 5.92 Å². The minimum absolute atomic E-state index is 0.0363. The zero-order valence-electron chi connectivity index (χ0n) is 13.6. The van der Waals surface area contributed by atoms with Crippen molar-refractivity contribution in [2.45, 2.75) is 19.4 Å². The van der Waals surface area contributed by atoms with E-state index in [1.54, 1.807) is 18.2 Å². The summed E-state index contributed by atoms with van der Waals surface area (Å²) in [7, 11) is 0. The quantitative estimate of drug-likeness (QED) is 0.739. The fourth-order valence-corrected chi connectivity index (χ4v) is 3.77. The van der Waals surface area contributed by atoms with Gasteiger partial charge in [-0.3, -0.25) is 9.69 Å². The highest BCUT2D eigenvalue weighted by molar-refractivity contribution is 6.35. The van der Waals surface area contributed by atoms with Gasteiger partial charge in [0.15, 0.2) is 0 Å². The molecule has 1 N–H and O–H groups in total. The molecule has 0 unspecified atom stereocenters. The summed E-state index contributed by atoms with van der Waals surface area (Å²) in [6, 6.07) is 12.8. The maximum atomic E-state index is 12.6. The minimum atomic E-state index is -0.0428. The number of nitrogens with zero attached hydrogens (tertiary/aromatic N) is 1. The van der Waals surface area contributed by atoms with E-state index in [0.29, 0.717) is 21.6 Å². The van der Waals surface area contributed by atoms with Gasteiger partial charge in [0.25, 0.3) is 0 Å². The van der Waals surface area contributed by atoms with Gasteiger partial charge < -0.3 is 5.32 Å². The number of carbonyl (C=O) groups excluding carboxylic acids is 1. The Kier molecular flexibility index (Phi) is 6.24. The van der Waals surface area contributed by atoms with Crippen LogP contribution in [0, 0.1) is 5.92 Å². The van der Waals surface area contributed by atoms with Gasteiger partial charge in [-0.25, -0.2) is 0 Å². The molecular formula is C19H19Cl3N2O. The zero-order chi connectivity index (χ0) is 17.8. The molecule has 1 aliphatic heterocycles. The second-order valence-electron chi connectivity index (χ2n) is 6.31. The zero-order valence-corrected chi connectivity index (χ0v) is 15.9. The molecule has 3 rings (SSSR count). The maximum absolute atomic E-state index is 12.6. The lowest BCUT2D eigenvalue weighted by Crippen LogP contribution is -2.40. The molecule has 1 atom stereocenters. The number of benzene rings is 2. The van der Waals surface area contributed by atoms with Crippen molar-refractivity contribution in [3.63, 3.8) is 0 Å². The van der Waals surface area contributed by atoms with Gasteiger partial charge >= 0.3 is 0 Å². The van der Waals surface area contributed by atoms with Gasteiger partial charge in [0.1, 0.15) is 0 Å². The molecule has 2 aromatic carbocycles. The average Bonchev–Trinajstić information content (AvgIpc) is 2.58. The molecule has 0 aromatic heterocycles. The van der Waals surface area contributed by atoms with Crippen LogP contribution in [0.2, 0.25) is 15.1 Å². The monoisotopic (exact) mass is 396 g/mol. The van der Waals surface area contributed by atoms with Gasteiger partial charge in [-0.05, 0) is 55.3 Å². The van der Waals surface area contributed by atoms with E-state index in [9.17, 15) is 4.79 Å². The average molecular weight is 398 g/mol. The Morgan fingerprint density at radius 3 is 2.68 bits per heavy atom. The van der Waals surface area contributed by atoms with Crippen molar-refractivity contribution in [3.8, 4) is 0 Å². The summed E-state index contributed by atoms with van der Waals surface area (Å²) in [5.74, 6) is -0.00650. The summed E-state index contributed by atoms with van der Waals surface area (Å²) < 4.78 is 0. The fraction of sp³-hybridized carbons (Fsp3) is 0.316. The molecule has 2 aromatic rings. The number of hydrogen-bond acceptors (Lipinski definition) is 2. The molecular weight excluding hydrogens is 379 g/mol. The van der Waals surface area contributed by atoms with E-state index < -0.39 is 0 Å². The first kappa shape index (κ1) is 18.5. The van der Waals surface area contributed by atoms with Crippen molar-refractivity contribution < 1.29 is 4.79 Å². The Balaban J connectivity index is 1.61. The molecule has 0 saturated carbocycles. The van der Waals surface area contributed by atoms with Crippen molar-refractivity contribution in [3.05, 3.63) is 63.1 Å². The first-order valence-corrected chi connectivity index (χ1v) is 9.37. The molecule has 1 fully saturated rings. The van der Waals surface area contributed by atoms with E-state index >= 15 is 0 Å². The van der Waals surface area contributed by atoms with Crippen LogP contribution in [0.4, 0.5) is 5.69 Å². The Bertz CT molecular complexity index is 766. The largest absolute Gasteiger partial charge is 0.326 e. The molecule has 1 saturated heterocycles. The third-order valence-corrected chi connectivity index (χ3v) is 5.20. The number of amides is 1. The highest BCUT2D eigenvalue weighted by atomic mass is 35.5. The van der Waals surface area contributed by atoms with Crippen LogP contribution in [-0.2, 0) is 11.3 Å². The van der Waals surface area contributed by atoms with E-state index in [-0.39, 0.29) is 11.8 Å². The van der Waals surface area contributed by atoms with Gasteiger partial charge in [-0.1, -0.05) is 46.9 Å². The summed E-state index contributed by atoms with van der Waals surface area (Å²) in [6.07, 6.45) is 1.87. The van der Waals surface area contributed by atoms with Crippen molar-refractivity contribution in [2.24, 2.45) is 5.92 Å². The number of rotatable bonds is 4. The van der Waals surface area contributed by atoms with E-state index in [1.165, 1.54) is 0 Å². The molecule has 1 amide bonds. The van der Waals surface area contributed by atoms with E-state index in [4.69, 9.17) is 34.8 Å². The van der Waals surface area contributed by atoms with Gasteiger partial charge in [0, 0.05) is 33.8 Å². The van der Waals surface area contributed by atoms with Crippen LogP contribution >= 0.6 is 34.8 Å². The number of carbonyl (C=O) groups is 1. The predicted octanol–water partition coefficient (Wildman–Crippen LogP) is 5.50. The lowest BCUT2D eigenvalue weighted by Gasteiger charge is -2.32. The van der Waals surface area contributed by atoms with E-state index in [2.05, 4.69) is 10.2 Å². The molecule has 1 heterocycles. The summed E-state index contributed by atoms with van der Waals surface area (Å²) in [6.45, 7) is 2.39. The summed E-state index contributed by atoms with van der Waals surface area (Å²) in [5.41, 5.74) is 1.76. The van der Waals surface area contributed by atoms with Crippen molar-refractivity contribution in [1.29, 1.82) is 0 Å². The molecule has 1 aliphatic rings. The third kappa shape index (κ3) is 5.11. The Morgan fingerprint density at radius 1 is 1.12 bits per heavy atom. The second-order valence-corrected chi connectivity index (χ2v) is 7.59. The number of hydrogen-bond donors (Lipinski definition) is 1. The number of anilines is 1. The van der Waals surface area contributed by atoms with Crippen LogP contribution in [-0.4, -0.2) is 23.9 Å². The Hall–Kier alpha value is -1.26. The van der Waals surface area contributed by atoms with Gasteiger partial charge in [0.2, 0.25) is 5.91 Å². The number of likely N-dealkylation sites (tertiary alicyclic amines) is 1. The highest BCUT2D eigenvalue weighted by Gasteiger charge is 2.26. The topological polar surface area (TPSA) is 32.3 Å². The SMILES string of the molecule is O=C(Nc1cccc(Cl)c1)[C@H]1CCCN(Cc2ccc(Cl)cc2Cl)C1. The summed E-state index contributed by atoms with van der Waals surface area (Å²) >= 11 is 18.2. The van der Waals surface area contributed by atoms with Crippen molar-refractivity contribution >= 4 is 46.4 Å². The number of halogens is 3. The fourth-order valence-electron chi connectivity index (χ4n) is 3.11. The lowest BCUT2D eigenvalue weighted by molar-refractivity contribution is -0.121. The normalized spacial score (nSPS) is 18.1. The van der Waals surface area contributed by atoms with Gasteiger partial charge in [-0.15, -0.1) is 0 Å². The lowest BCUT2D eigenvalue weighted by atomic mass is 9.96. The van der Waals surface area contributed by atoms with E-state index in [1.807, 2.05) is 24.3 Å². The molecule has 132 valence electrons. The highest BCUT2D eigenvalue weighted by Crippen LogP contribution is 2.25. The summed E-state index contributed by atoms with van der Waals surface area (Å²) in [5, 5.41) is 4.87. The Labute approximate surface area is 162 Å². The molecule has 0 spiro atoms. The second kappa shape index (κ2) is 8.41. The third-order valence-electron chi connectivity index (χ3n) is 4.38. The predicted molar refractivity (Wildman–Crippen MR) is 105 cm³/mol. The molecule has 0 aliphatic carbocycles. The first-order valence-electron chi connectivity index (χ1n) is 8.24. The minimum Gasteiger partial charge on any atom is -0.326 e. The van der Waals surface area contributed by atoms with Crippen molar-refractivity contribution in [2.75, 3.05) is 18.4 Å². The van der Waals surface area contributed by atoms with Gasteiger partial charge in [-0.2, -0.15) is 0 Å². The van der Waals surface area contributed by atoms with Crippen LogP contribution in [0.15, 0.2) is 42.5 Å². The first-order chi connectivity index (χ1) is 12.0. The van der Waals surface area contributed by atoms with Crippen LogP contribution in [0.1, 0.15) is 18.4 Å². The van der Waals surface area contributed by atoms with Crippen LogP contribution in [0.3, 0.4) is 0 Å². The van der Waals surface area contributed by atoms with Crippen LogP contribution in [0.5, 0.6) is 0 Å². The van der Waals surface area contributed by atoms with Crippen molar-refractivity contribution in [1.82, 2.24) is 4.90 Å². The standard InChI is InChI=1S/C19H19Cl3N2O/c20-15-4-1-5-17(9-15)23-19(25)14-3-2-8-24(12-14)11-13-6-7-16(21)10-18(13)22/h1,4-7,9-10,14H,2-3,8,11-12H2,(H,23,25)/t14-/m0/s1. The smallest absolute Gasteiger partial charge is 0.228 e. The molecule has 25 heavy (non-hydrogen) atoms. The number of piperidine rings is 1.